The van der Waals surface area contributed by atoms with Gasteiger partial charge in [-0.25, -0.2) is 8.42 Å². The monoisotopic (exact) mass is 243 g/mol. The Morgan fingerprint density at radius 2 is 2.14 bits per heavy atom. The second-order valence-corrected chi connectivity index (χ2v) is 6.08. The molecule has 0 aliphatic heterocycles. The van der Waals surface area contributed by atoms with Crippen LogP contribution in [0, 0.1) is 0 Å². The van der Waals surface area contributed by atoms with E-state index in [1.165, 1.54) is 0 Å². The molecular formula is C8H18ClNO3S. The van der Waals surface area contributed by atoms with Crippen LogP contribution in [0.2, 0.25) is 0 Å². The predicted octanol–water partition coefficient (Wildman–Crippen LogP) is 0.265. The van der Waals surface area contributed by atoms with Gasteiger partial charge in [-0.1, -0.05) is 6.92 Å². The molecule has 0 aromatic rings. The first-order valence-electron chi connectivity index (χ1n) is 4.56. The van der Waals surface area contributed by atoms with Gasteiger partial charge in [0, 0.05) is 26.0 Å². The minimum atomic E-state index is -2.87. The number of methoxy groups -OCH3 is 1. The van der Waals surface area contributed by atoms with Crippen molar-refractivity contribution in [2.75, 3.05) is 38.3 Å². The molecule has 0 heterocycles. The van der Waals surface area contributed by atoms with Crippen LogP contribution in [0.25, 0.3) is 0 Å². The first kappa shape index (κ1) is 14.2. The second-order valence-electron chi connectivity index (χ2n) is 2.99. The predicted molar refractivity (Wildman–Crippen MR) is 58.7 cm³/mol. The zero-order valence-electron chi connectivity index (χ0n) is 8.62. The van der Waals surface area contributed by atoms with E-state index in [1.54, 1.807) is 14.0 Å². The molecule has 0 radical (unpaired) electrons. The summed E-state index contributed by atoms with van der Waals surface area (Å²) in [5.41, 5.74) is 0. The zero-order chi connectivity index (χ0) is 11.0. The van der Waals surface area contributed by atoms with E-state index in [0.717, 1.165) is 0 Å². The Labute approximate surface area is 90.9 Å². The lowest BCUT2D eigenvalue weighted by atomic mass is 10.4. The molecule has 4 nitrogen and oxygen atoms in total. The lowest BCUT2D eigenvalue weighted by Crippen LogP contribution is -2.30. The third-order valence-electron chi connectivity index (χ3n) is 1.74. The highest BCUT2D eigenvalue weighted by molar-refractivity contribution is 7.91. The molecule has 1 atom stereocenters. The van der Waals surface area contributed by atoms with Crippen molar-refractivity contribution in [3.63, 3.8) is 0 Å². The van der Waals surface area contributed by atoms with Crippen molar-refractivity contribution in [1.29, 1.82) is 0 Å². The van der Waals surface area contributed by atoms with Gasteiger partial charge in [0.25, 0.3) is 0 Å². The van der Waals surface area contributed by atoms with Gasteiger partial charge in [0.05, 0.1) is 17.7 Å². The molecule has 0 saturated heterocycles. The van der Waals surface area contributed by atoms with E-state index < -0.39 is 9.84 Å². The van der Waals surface area contributed by atoms with E-state index in [2.05, 4.69) is 5.32 Å². The fourth-order valence-electron chi connectivity index (χ4n) is 0.870. The quantitative estimate of drug-likeness (QED) is 0.491. The SMILES string of the molecule is CCS(=O)(=O)CCNCC(Cl)COC. The van der Waals surface area contributed by atoms with Crippen molar-refractivity contribution in [2.24, 2.45) is 0 Å². The van der Waals surface area contributed by atoms with Crippen molar-refractivity contribution in [3.8, 4) is 0 Å². The van der Waals surface area contributed by atoms with E-state index in [4.69, 9.17) is 16.3 Å². The highest BCUT2D eigenvalue weighted by Gasteiger charge is 2.07. The highest BCUT2D eigenvalue weighted by atomic mass is 35.5. The van der Waals surface area contributed by atoms with E-state index in [-0.39, 0.29) is 16.9 Å². The molecule has 0 aliphatic rings. The number of rotatable bonds is 8. The van der Waals surface area contributed by atoms with Crippen LogP contribution in [0.5, 0.6) is 0 Å². The highest BCUT2D eigenvalue weighted by Crippen LogP contribution is 1.93. The first-order chi connectivity index (χ1) is 6.52. The third kappa shape index (κ3) is 7.55. The minimum absolute atomic E-state index is 0.107. The van der Waals surface area contributed by atoms with Crippen molar-refractivity contribution in [1.82, 2.24) is 5.32 Å². The fourth-order valence-corrected chi connectivity index (χ4v) is 1.85. The van der Waals surface area contributed by atoms with Gasteiger partial charge >= 0.3 is 0 Å². The molecule has 0 aromatic heterocycles. The second kappa shape index (κ2) is 7.45. The van der Waals surface area contributed by atoms with Gasteiger partial charge in [0.1, 0.15) is 0 Å². The normalized spacial score (nSPS) is 14.2. The van der Waals surface area contributed by atoms with Crippen molar-refractivity contribution >= 4 is 21.4 Å². The molecule has 14 heavy (non-hydrogen) atoms. The maximum atomic E-state index is 11.1. The Kier molecular flexibility index (Phi) is 7.54. The largest absolute Gasteiger partial charge is 0.383 e. The number of alkyl halides is 1. The summed E-state index contributed by atoms with van der Waals surface area (Å²) >= 11 is 5.83. The Hall–Kier alpha value is 0.160. The molecule has 0 saturated carbocycles. The summed E-state index contributed by atoms with van der Waals surface area (Å²) in [5, 5.41) is 2.86. The Morgan fingerprint density at radius 3 is 2.64 bits per heavy atom. The number of halogens is 1. The maximum absolute atomic E-state index is 11.1. The van der Waals surface area contributed by atoms with Crippen molar-refractivity contribution in [2.45, 2.75) is 12.3 Å². The molecule has 0 amide bonds. The van der Waals surface area contributed by atoms with E-state index >= 15 is 0 Å². The van der Waals surface area contributed by atoms with Crippen LogP contribution in [0.3, 0.4) is 0 Å². The molecule has 6 heteroatoms. The number of sulfone groups is 1. The zero-order valence-corrected chi connectivity index (χ0v) is 10.2. The summed E-state index contributed by atoms with van der Waals surface area (Å²) < 4.78 is 27.0. The molecule has 0 fully saturated rings. The number of hydrogen-bond acceptors (Lipinski definition) is 4. The average molecular weight is 244 g/mol. The number of hydrogen-bond donors (Lipinski definition) is 1. The Bertz CT molecular complexity index is 231. The Morgan fingerprint density at radius 1 is 1.50 bits per heavy atom. The fraction of sp³-hybridized carbons (Fsp3) is 1.00. The Balaban J connectivity index is 3.47. The third-order valence-corrected chi connectivity index (χ3v) is 3.73. The van der Waals surface area contributed by atoms with E-state index in [0.29, 0.717) is 19.7 Å². The van der Waals surface area contributed by atoms with Crippen LogP contribution in [0.15, 0.2) is 0 Å². The average Bonchev–Trinajstić information content (AvgIpc) is 2.13. The van der Waals surface area contributed by atoms with Gasteiger partial charge in [-0.2, -0.15) is 0 Å². The van der Waals surface area contributed by atoms with Gasteiger partial charge in [0.15, 0.2) is 9.84 Å². The molecule has 0 rings (SSSR count). The summed E-state index contributed by atoms with van der Waals surface area (Å²) in [6.07, 6.45) is 0. The molecule has 0 aromatic carbocycles. The molecular weight excluding hydrogens is 226 g/mol. The lowest BCUT2D eigenvalue weighted by molar-refractivity contribution is 0.197. The number of ether oxygens (including phenoxy) is 1. The molecule has 0 bridgehead atoms. The van der Waals surface area contributed by atoms with Gasteiger partial charge in [-0.05, 0) is 0 Å². The first-order valence-corrected chi connectivity index (χ1v) is 6.81. The van der Waals surface area contributed by atoms with Crippen LogP contribution in [-0.2, 0) is 14.6 Å². The van der Waals surface area contributed by atoms with Gasteiger partial charge in [0.2, 0.25) is 0 Å². The summed E-state index contributed by atoms with van der Waals surface area (Å²) in [7, 11) is -1.29. The topological polar surface area (TPSA) is 55.4 Å². The summed E-state index contributed by atoms with van der Waals surface area (Å²) in [4.78, 5) is 0. The summed E-state index contributed by atoms with van der Waals surface area (Å²) in [5.74, 6) is 0.358. The van der Waals surface area contributed by atoms with Gasteiger partial charge in [-0.15, -0.1) is 11.6 Å². The molecule has 1 N–H and O–H groups in total. The van der Waals surface area contributed by atoms with Crippen LogP contribution >= 0.6 is 11.6 Å². The van der Waals surface area contributed by atoms with Gasteiger partial charge < -0.3 is 10.1 Å². The lowest BCUT2D eigenvalue weighted by Gasteiger charge is -2.09. The van der Waals surface area contributed by atoms with E-state index in [1.807, 2.05) is 0 Å². The number of nitrogens with one attached hydrogen (secondary N) is 1. The van der Waals surface area contributed by atoms with Crippen molar-refractivity contribution < 1.29 is 13.2 Å². The van der Waals surface area contributed by atoms with Gasteiger partial charge in [-0.3, -0.25) is 0 Å². The smallest absolute Gasteiger partial charge is 0.151 e. The minimum Gasteiger partial charge on any atom is -0.383 e. The molecule has 86 valence electrons. The molecule has 1 unspecified atom stereocenters. The van der Waals surface area contributed by atoms with Crippen LogP contribution < -0.4 is 5.32 Å². The van der Waals surface area contributed by atoms with Crippen molar-refractivity contribution in [3.05, 3.63) is 0 Å². The summed E-state index contributed by atoms with van der Waals surface area (Å²) in [6, 6.07) is 0. The molecule has 0 spiro atoms. The van der Waals surface area contributed by atoms with E-state index in [9.17, 15) is 8.42 Å². The van der Waals surface area contributed by atoms with Crippen LogP contribution in [-0.4, -0.2) is 52.1 Å². The maximum Gasteiger partial charge on any atom is 0.151 e. The molecule has 0 aliphatic carbocycles. The standard InChI is InChI=1S/C8H18ClNO3S/c1-3-14(11,12)5-4-10-6-8(9)7-13-2/h8,10H,3-7H2,1-2H3. The van der Waals surface area contributed by atoms with Crippen LogP contribution in [0.4, 0.5) is 0 Å². The summed E-state index contributed by atoms with van der Waals surface area (Å²) in [6.45, 7) is 3.12. The van der Waals surface area contributed by atoms with Crippen LogP contribution in [0.1, 0.15) is 6.92 Å².